The van der Waals surface area contributed by atoms with Gasteiger partial charge in [-0.1, -0.05) is 425 Å². The van der Waals surface area contributed by atoms with E-state index in [1.807, 2.05) is 0 Å². The van der Waals surface area contributed by atoms with Gasteiger partial charge in [0.2, 0.25) is 0 Å². The van der Waals surface area contributed by atoms with E-state index >= 15 is 0 Å². The molecule has 8 fully saturated rings. The van der Waals surface area contributed by atoms with E-state index in [0.717, 1.165) is 84.0 Å². The van der Waals surface area contributed by atoms with Crippen LogP contribution in [0.2, 0.25) is 132 Å². The largest absolute Gasteiger partial charge is 1.00 e. The fourth-order valence-electron chi connectivity index (χ4n) is 23.5. The Hall–Kier alpha value is 5.08. The van der Waals surface area contributed by atoms with Crippen LogP contribution in [0.3, 0.4) is 0 Å². The zero-order chi connectivity index (χ0) is 77.3. The van der Waals surface area contributed by atoms with Crippen LogP contribution < -0.4 is 56.6 Å². The maximum atomic E-state index is 6.77. The maximum absolute atomic E-state index is 6.77. The third-order valence-corrected chi connectivity index (χ3v) is 119. The van der Waals surface area contributed by atoms with Gasteiger partial charge >= 0.3 is 94.5 Å². The van der Waals surface area contributed by atoms with E-state index in [1.54, 1.807) is 75.3 Å². The Balaban J connectivity index is 0.000000357. The van der Waals surface area contributed by atoms with Crippen LogP contribution in [-0.2, 0) is 20.8 Å². The summed E-state index contributed by atoms with van der Waals surface area (Å²) in [5.74, 6) is 8.53. The molecule has 0 amide bonds. The molecule has 11 aliphatic rings. The summed E-state index contributed by atoms with van der Waals surface area (Å²) in [6, 6.07) is 13.2. The van der Waals surface area contributed by atoms with Crippen LogP contribution in [0.4, 0.5) is 0 Å². The number of hydrogen-bond donors (Lipinski definition) is 0. The summed E-state index contributed by atoms with van der Waals surface area (Å²) >= 11 is 25.2. The van der Waals surface area contributed by atoms with Gasteiger partial charge in [-0.3, -0.25) is 0 Å². The van der Waals surface area contributed by atoms with Gasteiger partial charge in [-0.05, 0) is 172 Å². The molecule has 2 aromatic carbocycles. The molecule has 0 saturated heterocycles. The molecular formula is C90H156Br5Cl3Li3Si8Zr+3. The summed E-state index contributed by atoms with van der Waals surface area (Å²) in [4.78, 5) is 2.56. The summed E-state index contributed by atoms with van der Waals surface area (Å²) in [6.45, 7) is 48.3. The minimum Gasteiger partial charge on any atom is 1.00 e. The Bertz CT molecular complexity index is 3120. The summed E-state index contributed by atoms with van der Waals surface area (Å²) in [7, 11) is 1.01. The Morgan fingerprint density at radius 2 is 0.791 bits per heavy atom. The second-order valence-corrected chi connectivity index (χ2v) is 116. The molecule has 18 unspecified atom stereocenters. The van der Waals surface area contributed by atoms with Crippen LogP contribution in [0.5, 0.6) is 0 Å². The van der Waals surface area contributed by atoms with Crippen LogP contribution in [0.15, 0.2) is 81.3 Å². The first-order valence-electron chi connectivity index (χ1n) is 43.3. The van der Waals surface area contributed by atoms with E-state index in [-0.39, 0.29) is 71.4 Å². The SMILES string of the molecule is BrC1CCCC2CCCC12.CCCCC1=CC([Si](C)(C)[Si](C)(C)C2C=Cc3c(Br)cccc32)C=C1.CCCCC1CCC([Si](C)(C)[Si](C)(C)C2CCC3C(Br)CCCC32)C1.CCCCC1CCC([Si](C)(C)[Si](C)(C)C2CCC3C(Br)CCCC32)C1.C[Si](C)(Cl)[Si](C)(C)C1C=Cc2c(Br)cccc21.[CH3-].[CH3-].[Cl][Zr+2][Cl].[Li+].[Li+].[Li+]. The van der Waals surface area contributed by atoms with E-state index in [0.29, 0.717) is 16.6 Å². The van der Waals surface area contributed by atoms with Crippen molar-refractivity contribution in [1.82, 2.24) is 0 Å². The van der Waals surface area contributed by atoms with Crippen LogP contribution in [0.1, 0.15) is 253 Å². The fourth-order valence-corrected chi connectivity index (χ4v) is 72.8. The molecule has 0 aromatic heterocycles. The molecule has 0 nitrogen and oxygen atoms in total. The van der Waals surface area contributed by atoms with Crippen molar-refractivity contribution in [1.29, 1.82) is 0 Å². The van der Waals surface area contributed by atoms with E-state index in [9.17, 15) is 0 Å². The van der Waals surface area contributed by atoms with Crippen LogP contribution in [-0.4, -0.2) is 74.5 Å². The Labute approximate surface area is 790 Å². The van der Waals surface area contributed by atoms with Gasteiger partial charge in [-0.15, -0.1) is 0 Å². The van der Waals surface area contributed by atoms with Gasteiger partial charge in [0.25, 0.3) is 0 Å². The smallest absolute Gasteiger partial charge is 1.00 e. The molecule has 2 aromatic rings. The number of benzene rings is 2. The number of hydrogen-bond acceptors (Lipinski definition) is 0. The van der Waals surface area contributed by atoms with Crippen LogP contribution in [0.25, 0.3) is 12.2 Å². The van der Waals surface area contributed by atoms with Crippen molar-refractivity contribution < 1.29 is 77.4 Å². The molecule has 8 saturated carbocycles. The number of halogens is 8. The third kappa shape index (κ3) is 25.9. The number of allylic oxidation sites excluding steroid dienone is 6. The molecular weight excluding hydrogens is 1920 g/mol. The van der Waals surface area contributed by atoms with E-state index in [2.05, 4.69) is 284 Å². The number of rotatable bonds is 20. The van der Waals surface area contributed by atoms with Crippen molar-refractivity contribution in [3.63, 3.8) is 0 Å². The second kappa shape index (κ2) is 48.7. The fraction of sp³-hybridized carbons (Fsp3) is 0.756. The number of fused-ring (bicyclic) bond motifs is 5. The first kappa shape index (κ1) is 109. The minimum atomic E-state index is -1.59. The average molecular weight is 2080 g/mol. The molecule has 608 valence electrons. The summed E-state index contributed by atoms with van der Waals surface area (Å²) < 4.78 is 2.45. The molecule has 11 aliphatic carbocycles. The van der Waals surface area contributed by atoms with E-state index in [4.69, 9.17) is 28.1 Å². The van der Waals surface area contributed by atoms with Gasteiger partial charge in [-0.25, -0.2) is 0 Å². The van der Waals surface area contributed by atoms with E-state index in [1.165, 1.54) is 160 Å². The number of unbranched alkanes of at least 4 members (excludes halogenated alkanes) is 3. The summed E-state index contributed by atoms with van der Waals surface area (Å²) in [6.07, 6.45) is 63.4. The molecule has 0 N–H and O–H groups in total. The van der Waals surface area contributed by atoms with Gasteiger partial charge < -0.3 is 14.9 Å². The number of alkyl halides is 3. The summed E-state index contributed by atoms with van der Waals surface area (Å²) in [5, 5.41) is 0. The molecule has 0 aliphatic heterocycles. The molecule has 20 heteroatoms. The first-order valence-corrected chi connectivity index (χ1v) is 83.5. The van der Waals surface area contributed by atoms with Crippen molar-refractivity contribution in [2.45, 2.75) is 378 Å². The monoisotopic (exact) mass is 2070 g/mol. The minimum absolute atomic E-state index is 0. The van der Waals surface area contributed by atoms with E-state index < -0.39 is 80.9 Å². The van der Waals surface area contributed by atoms with Gasteiger partial charge in [-0.2, -0.15) is 11.1 Å². The Morgan fingerprint density at radius 3 is 1.19 bits per heavy atom. The molecule has 18 atom stereocenters. The van der Waals surface area contributed by atoms with Crippen molar-refractivity contribution in [3.8, 4) is 0 Å². The average Bonchev–Trinajstić information content (AvgIpc) is 1.56. The van der Waals surface area contributed by atoms with Crippen molar-refractivity contribution in [2.75, 3.05) is 0 Å². The quantitative estimate of drug-likeness (QED) is 0.0536. The van der Waals surface area contributed by atoms with Crippen LogP contribution in [0, 0.1) is 62.2 Å². The Morgan fingerprint density at radius 1 is 0.409 bits per heavy atom. The third-order valence-electron chi connectivity index (χ3n) is 33.3. The zero-order valence-corrected chi connectivity index (χ0v) is 95.5. The Kier molecular flexibility index (Phi) is 48.4. The van der Waals surface area contributed by atoms with Crippen LogP contribution >= 0.6 is 108 Å². The maximum Gasteiger partial charge on any atom is 1.00 e. The molecule has 0 radical (unpaired) electrons. The van der Waals surface area contributed by atoms with Gasteiger partial charge in [0.05, 0.1) is 22.8 Å². The van der Waals surface area contributed by atoms with Crippen molar-refractivity contribution >= 4 is 180 Å². The first-order chi connectivity index (χ1) is 49.4. The molecule has 0 spiro atoms. The second-order valence-electron chi connectivity index (χ2n) is 40.2. The standard InChI is InChI=1S/2C22H43BrSi2.C22H31BrSi2.C13H18BrClSi2.C9H15Br.2CH3.2ClH.3Li.Zr/c3*1-6-7-9-17-12-13-18(16-17)24(2,3)25(4,5)22-15-14-19-20(22)10-8-11-21(19)23;1-16(2,17(3,4)15)13-9-8-10-11(13)6-5-7-12(10)14;10-9-6-2-4-7-3-1-5-8(7)9;;;;;;;;/h2*17-22H,6-16H2,1-5H3;8,10-16,18,22H,6-7,9H2,1-5H3;5-9,13H,1-4H3;7-9H,1-6H2;2*1H3;2*1H;;;;/q;;;;;2*-1;;;3*+1;+4/p-2. The van der Waals surface area contributed by atoms with Crippen molar-refractivity contribution in [3.05, 3.63) is 118 Å². The summed E-state index contributed by atoms with van der Waals surface area (Å²) in [5.41, 5.74) is 13.9. The van der Waals surface area contributed by atoms with Gasteiger partial charge in [0, 0.05) is 53.8 Å². The topological polar surface area (TPSA) is 0 Å². The molecule has 13 rings (SSSR count). The zero-order valence-electron chi connectivity index (χ0n) is 74.8. The van der Waals surface area contributed by atoms with Gasteiger partial charge in [0.15, 0.2) is 0 Å². The normalized spacial score (nSPS) is 30.5. The van der Waals surface area contributed by atoms with Crippen molar-refractivity contribution in [2.24, 2.45) is 47.3 Å². The molecule has 110 heavy (non-hydrogen) atoms. The predicted octanol–water partition coefficient (Wildman–Crippen LogP) is 26.0. The predicted molar refractivity (Wildman–Crippen MR) is 524 cm³/mol. The molecule has 0 heterocycles. The van der Waals surface area contributed by atoms with Gasteiger partial charge in [0.1, 0.15) is 6.90 Å². The molecule has 0 bridgehead atoms.